The van der Waals surface area contributed by atoms with E-state index in [0.29, 0.717) is 24.0 Å². The summed E-state index contributed by atoms with van der Waals surface area (Å²) >= 11 is 0. The molecule has 0 saturated heterocycles. The molecular formula is C28H34N4O4. The van der Waals surface area contributed by atoms with Crippen LogP contribution in [-0.4, -0.2) is 32.9 Å². The normalized spacial score (nSPS) is 15.3. The SMILES string of the molecule is [C-]#[N+]c1c(C)c(C=CC=C2C(=O)N(CCCCC)C(=O)C(C#N)=C2C(C)C)c(=O)n(CCCC)c1O. The van der Waals surface area contributed by atoms with Crippen molar-refractivity contribution in [3.8, 4) is 11.9 Å². The molecule has 2 heterocycles. The summed E-state index contributed by atoms with van der Waals surface area (Å²) in [6.07, 6.45) is 8.47. The predicted octanol–water partition coefficient (Wildman–Crippen LogP) is 5.19. The topological polar surface area (TPSA) is 108 Å². The summed E-state index contributed by atoms with van der Waals surface area (Å²) in [5, 5.41) is 20.2. The minimum atomic E-state index is -0.571. The molecule has 0 atom stereocenters. The Balaban J connectivity index is 2.64. The zero-order valence-electron chi connectivity index (χ0n) is 21.7. The van der Waals surface area contributed by atoms with Gasteiger partial charge >= 0.3 is 0 Å². The van der Waals surface area contributed by atoms with E-state index >= 15 is 0 Å². The Kier molecular flexibility index (Phi) is 9.99. The van der Waals surface area contributed by atoms with Gasteiger partial charge in [0.2, 0.25) is 5.69 Å². The molecular weight excluding hydrogens is 456 g/mol. The van der Waals surface area contributed by atoms with E-state index in [-0.39, 0.29) is 47.3 Å². The Hall–Kier alpha value is -3.91. The lowest BCUT2D eigenvalue weighted by atomic mass is 9.86. The van der Waals surface area contributed by atoms with Gasteiger partial charge in [-0.3, -0.25) is 23.9 Å². The molecule has 1 aliphatic heterocycles. The van der Waals surface area contributed by atoms with Crippen LogP contribution in [0, 0.1) is 30.7 Å². The van der Waals surface area contributed by atoms with Crippen LogP contribution in [0.5, 0.6) is 5.88 Å². The van der Waals surface area contributed by atoms with E-state index in [4.69, 9.17) is 6.57 Å². The molecule has 190 valence electrons. The Labute approximate surface area is 212 Å². The molecule has 0 unspecified atom stereocenters. The van der Waals surface area contributed by atoms with Gasteiger partial charge in [0.15, 0.2) is 5.88 Å². The first kappa shape index (κ1) is 28.3. The number of hydrogen-bond donors (Lipinski definition) is 1. The maximum absolute atomic E-state index is 13.3. The number of imide groups is 1. The van der Waals surface area contributed by atoms with Crippen molar-refractivity contribution in [3.05, 3.63) is 61.8 Å². The van der Waals surface area contributed by atoms with Crippen LogP contribution in [0.15, 0.2) is 33.7 Å². The number of aromatic hydroxyl groups is 1. The summed E-state index contributed by atoms with van der Waals surface area (Å²) in [6, 6.07) is 1.99. The van der Waals surface area contributed by atoms with Gasteiger partial charge in [-0.2, -0.15) is 5.26 Å². The van der Waals surface area contributed by atoms with Gasteiger partial charge in [0.1, 0.15) is 11.6 Å². The van der Waals surface area contributed by atoms with E-state index in [1.807, 2.05) is 33.8 Å². The molecule has 8 heteroatoms. The van der Waals surface area contributed by atoms with E-state index in [1.165, 1.54) is 22.8 Å². The van der Waals surface area contributed by atoms with Crippen molar-refractivity contribution in [2.24, 2.45) is 5.92 Å². The molecule has 1 aromatic heterocycles. The average Bonchev–Trinajstić information content (AvgIpc) is 2.84. The fraction of sp³-hybridized carbons (Fsp3) is 0.464. The highest BCUT2D eigenvalue weighted by atomic mass is 16.3. The van der Waals surface area contributed by atoms with Crippen molar-refractivity contribution in [1.29, 1.82) is 5.26 Å². The molecule has 0 aliphatic carbocycles. The molecule has 2 rings (SSSR count). The minimum absolute atomic E-state index is 0.00831. The molecule has 36 heavy (non-hydrogen) atoms. The summed E-state index contributed by atoms with van der Waals surface area (Å²) in [7, 11) is 0. The second kappa shape index (κ2) is 12.7. The Morgan fingerprint density at radius 3 is 2.31 bits per heavy atom. The summed E-state index contributed by atoms with van der Waals surface area (Å²) in [5.74, 6) is -1.63. The lowest BCUT2D eigenvalue weighted by molar-refractivity contribution is -0.140. The van der Waals surface area contributed by atoms with Crippen LogP contribution < -0.4 is 5.56 Å². The van der Waals surface area contributed by atoms with E-state index in [9.17, 15) is 24.8 Å². The second-order valence-electron chi connectivity index (χ2n) is 9.10. The number of aromatic nitrogens is 1. The van der Waals surface area contributed by atoms with E-state index in [0.717, 1.165) is 24.2 Å². The Morgan fingerprint density at radius 2 is 1.75 bits per heavy atom. The van der Waals surface area contributed by atoms with Gasteiger partial charge in [0.05, 0.1) is 6.57 Å². The number of carbonyl (C=O) groups is 2. The highest BCUT2D eigenvalue weighted by Gasteiger charge is 2.37. The van der Waals surface area contributed by atoms with Crippen molar-refractivity contribution >= 4 is 23.6 Å². The summed E-state index contributed by atoms with van der Waals surface area (Å²) in [4.78, 5) is 43.9. The van der Waals surface area contributed by atoms with E-state index in [2.05, 4.69) is 4.85 Å². The highest BCUT2D eigenvalue weighted by molar-refractivity contribution is 6.18. The van der Waals surface area contributed by atoms with E-state index in [1.54, 1.807) is 6.92 Å². The van der Waals surface area contributed by atoms with Crippen molar-refractivity contribution in [1.82, 2.24) is 9.47 Å². The number of rotatable bonds is 10. The van der Waals surface area contributed by atoms with Gasteiger partial charge in [-0.25, -0.2) is 4.85 Å². The van der Waals surface area contributed by atoms with Gasteiger partial charge in [0.25, 0.3) is 17.4 Å². The zero-order chi connectivity index (χ0) is 27.0. The summed E-state index contributed by atoms with van der Waals surface area (Å²) in [6.45, 7) is 17.2. The Morgan fingerprint density at radius 1 is 1.08 bits per heavy atom. The predicted molar refractivity (Wildman–Crippen MR) is 139 cm³/mol. The summed E-state index contributed by atoms with van der Waals surface area (Å²) < 4.78 is 1.20. The van der Waals surface area contributed by atoms with Crippen LogP contribution in [0.4, 0.5) is 5.69 Å². The summed E-state index contributed by atoms with van der Waals surface area (Å²) in [5.41, 5.74) is 0.743. The molecule has 1 aromatic rings. The number of carbonyl (C=O) groups excluding carboxylic acids is 2. The van der Waals surface area contributed by atoms with Crippen LogP contribution >= 0.6 is 0 Å². The van der Waals surface area contributed by atoms with E-state index < -0.39 is 17.4 Å². The third-order valence-corrected chi connectivity index (χ3v) is 6.24. The van der Waals surface area contributed by atoms with Gasteiger partial charge < -0.3 is 5.11 Å². The molecule has 0 saturated carbocycles. The number of unbranched alkanes of at least 4 members (excludes halogenated alkanes) is 3. The average molecular weight is 491 g/mol. The highest BCUT2D eigenvalue weighted by Crippen LogP contribution is 2.33. The van der Waals surface area contributed by atoms with Gasteiger partial charge in [-0.05, 0) is 42.9 Å². The first-order chi connectivity index (χ1) is 17.2. The van der Waals surface area contributed by atoms with Crippen molar-refractivity contribution in [2.45, 2.75) is 73.3 Å². The minimum Gasteiger partial charge on any atom is -0.503 e. The second-order valence-corrected chi connectivity index (χ2v) is 9.10. The smallest absolute Gasteiger partial charge is 0.271 e. The molecule has 0 bridgehead atoms. The fourth-order valence-electron chi connectivity index (χ4n) is 4.25. The molecule has 1 aliphatic rings. The number of pyridine rings is 1. The van der Waals surface area contributed by atoms with Crippen molar-refractivity contribution in [3.63, 3.8) is 0 Å². The van der Waals surface area contributed by atoms with Crippen molar-refractivity contribution in [2.75, 3.05) is 6.54 Å². The molecule has 0 spiro atoms. The molecule has 0 fully saturated rings. The number of hydrogen-bond acceptors (Lipinski definition) is 5. The first-order valence-corrected chi connectivity index (χ1v) is 12.4. The molecule has 8 nitrogen and oxygen atoms in total. The number of allylic oxidation sites excluding steroid dienone is 2. The van der Waals surface area contributed by atoms with Crippen LogP contribution in [-0.2, 0) is 16.1 Å². The maximum Gasteiger partial charge on any atom is 0.271 e. The largest absolute Gasteiger partial charge is 0.503 e. The zero-order valence-corrected chi connectivity index (χ0v) is 21.7. The number of nitriles is 1. The third-order valence-electron chi connectivity index (χ3n) is 6.24. The molecule has 0 aromatic carbocycles. The Bertz CT molecular complexity index is 1270. The van der Waals surface area contributed by atoms with Crippen molar-refractivity contribution < 1.29 is 14.7 Å². The molecule has 1 N–H and O–H groups in total. The van der Waals surface area contributed by atoms with Gasteiger partial charge in [0, 0.05) is 24.2 Å². The molecule has 2 amide bonds. The maximum atomic E-state index is 13.3. The number of nitrogens with zero attached hydrogens (tertiary/aromatic N) is 4. The third kappa shape index (κ3) is 5.66. The standard InChI is InChI=1S/C28H34N4O4/c1-7-9-11-16-31-26(34)21(23(18(3)4)22(17-29)27(31)35)14-12-13-20-19(5)24(30-6)28(36)32(25(20)33)15-10-8-2/h12-14,18,36H,7-11,15-16H2,1-5H3. The lowest BCUT2D eigenvalue weighted by Crippen LogP contribution is -2.44. The van der Waals surface area contributed by atoms with Gasteiger partial charge in [-0.15, -0.1) is 0 Å². The fourth-order valence-corrected chi connectivity index (χ4v) is 4.25. The lowest BCUT2D eigenvalue weighted by Gasteiger charge is -2.30. The quantitative estimate of drug-likeness (QED) is 0.210. The number of amides is 2. The van der Waals surface area contributed by atoms with Crippen LogP contribution in [0.2, 0.25) is 0 Å². The first-order valence-electron chi connectivity index (χ1n) is 12.4. The monoisotopic (exact) mass is 490 g/mol. The molecule has 0 radical (unpaired) electrons. The van der Waals surface area contributed by atoms with Gasteiger partial charge in [-0.1, -0.05) is 59.1 Å². The van der Waals surface area contributed by atoms with Crippen LogP contribution in [0.25, 0.3) is 10.9 Å². The van der Waals surface area contributed by atoms with Crippen LogP contribution in [0.3, 0.4) is 0 Å². The van der Waals surface area contributed by atoms with Crippen LogP contribution in [0.1, 0.15) is 70.9 Å².